The molecular weight excluding hydrogens is 228 g/mol. The second kappa shape index (κ2) is 23.9. The van der Waals surface area contributed by atoms with Crippen molar-refractivity contribution < 1.29 is 29.0 Å². The molecule has 0 saturated heterocycles. The summed E-state index contributed by atoms with van der Waals surface area (Å²) in [5.41, 5.74) is 0. The van der Waals surface area contributed by atoms with E-state index in [4.69, 9.17) is 9.90 Å². The van der Waals surface area contributed by atoms with Crippen molar-refractivity contribution in [1.82, 2.24) is 0 Å². The normalized spacial score (nSPS) is 6.53. The molecule has 0 aromatic rings. The number of ether oxygens (including phenoxy) is 1. The molecule has 1 N–H and O–H groups in total. The summed E-state index contributed by atoms with van der Waals surface area (Å²) in [5.74, 6) is -0.970. The Kier molecular flexibility index (Phi) is 34.6. The Bertz CT molecular complexity index is 198. The van der Waals surface area contributed by atoms with Gasteiger partial charge in [0.15, 0.2) is 11.6 Å². The number of aliphatic hydroxyl groups is 1. The first-order chi connectivity index (χ1) is 7.83. The number of aliphatic hydroxyl groups excluding tert-OH is 1. The van der Waals surface area contributed by atoms with Crippen LogP contribution in [0.3, 0.4) is 0 Å². The van der Waals surface area contributed by atoms with E-state index in [0.29, 0.717) is 6.61 Å². The summed E-state index contributed by atoms with van der Waals surface area (Å²) in [4.78, 5) is 38.2. The first-order valence-electron chi connectivity index (χ1n) is 4.82. The molecule has 0 fully saturated rings. The van der Waals surface area contributed by atoms with Crippen molar-refractivity contribution in [3.63, 3.8) is 0 Å². The van der Waals surface area contributed by atoms with E-state index in [1.54, 1.807) is 6.92 Å². The Morgan fingerprint density at radius 1 is 1.06 bits per heavy atom. The highest BCUT2D eigenvalue weighted by atomic mass is 16.5. The number of aldehydes is 1. The lowest BCUT2D eigenvalue weighted by Crippen LogP contribution is -2.01. The Morgan fingerprint density at radius 2 is 1.29 bits per heavy atom. The Labute approximate surface area is 102 Å². The fourth-order valence-electron chi connectivity index (χ4n) is 0.203. The Balaban J connectivity index is -0.0000000727. The molecule has 0 rings (SSSR count). The van der Waals surface area contributed by atoms with E-state index in [-0.39, 0.29) is 17.5 Å². The number of hydrogen-bond donors (Lipinski definition) is 1. The lowest BCUT2D eigenvalue weighted by atomic mass is 10.3. The van der Waals surface area contributed by atoms with Gasteiger partial charge in [0, 0.05) is 27.9 Å². The molecule has 0 saturated carbocycles. The van der Waals surface area contributed by atoms with E-state index in [0.717, 1.165) is 13.4 Å². The van der Waals surface area contributed by atoms with Crippen LogP contribution in [0.2, 0.25) is 0 Å². The van der Waals surface area contributed by atoms with Crippen molar-refractivity contribution in [2.45, 2.75) is 34.6 Å². The predicted octanol–water partition coefficient (Wildman–Crippen LogP) is 0.548. The lowest BCUT2D eigenvalue weighted by Gasteiger charge is -1.89. The zero-order valence-electron chi connectivity index (χ0n) is 11.3. The van der Waals surface area contributed by atoms with Crippen LogP contribution in [0, 0.1) is 0 Å². The quantitative estimate of drug-likeness (QED) is 0.436. The summed E-state index contributed by atoms with van der Waals surface area (Å²) in [7, 11) is 1.00. The summed E-state index contributed by atoms with van der Waals surface area (Å²) in [5, 5.41) is 7.00. The van der Waals surface area contributed by atoms with Crippen molar-refractivity contribution in [2.24, 2.45) is 0 Å². The van der Waals surface area contributed by atoms with Gasteiger partial charge >= 0.3 is 5.97 Å². The number of Topliss-reactive ketones (excluding diaryl/α,β-unsaturated/α-hetero) is 2. The highest BCUT2D eigenvalue weighted by Crippen LogP contribution is 1.69. The predicted molar refractivity (Wildman–Crippen MR) is 63.5 cm³/mol. The average Bonchev–Trinajstić information content (AvgIpc) is 2.22. The van der Waals surface area contributed by atoms with Crippen molar-refractivity contribution in [3.05, 3.63) is 0 Å². The Morgan fingerprint density at radius 3 is 1.29 bits per heavy atom. The van der Waals surface area contributed by atoms with Gasteiger partial charge in [-0.3, -0.25) is 14.4 Å². The number of ketones is 2. The molecule has 0 atom stereocenters. The molecule has 0 aromatic carbocycles. The Hall–Kier alpha value is -1.56. The van der Waals surface area contributed by atoms with Gasteiger partial charge < -0.3 is 14.6 Å². The molecule has 0 unspecified atom stereocenters. The van der Waals surface area contributed by atoms with Crippen LogP contribution in [-0.2, 0) is 23.9 Å². The van der Waals surface area contributed by atoms with Crippen molar-refractivity contribution in [3.8, 4) is 0 Å². The highest BCUT2D eigenvalue weighted by Gasteiger charge is 1.94. The number of hydrogen-bond acceptors (Lipinski definition) is 6. The van der Waals surface area contributed by atoms with Crippen LogP contribution < -0.4 is 0 Å². The summed E-state index contributed by atoms with van der Waals surface area (Å²) in [6, 6.07) is 0. The molecule has 6 nitrogen and oxygen atoms in total. The summed E-state index contributed by atoms with van der Waals surface area (Å²) >= 11 is 0. The topological polar surface area (TPSA) is 97.7 Å². The van der Waals surface area contributed by atoms with Crippen LogP contribution >= 0.6 is 0 Å². The molecule has 102 valence electrons. The van der Waals surface area contributed by atoms with Crippen LogP contribution in [0.25, 0.3) is 0 Å². The molecule has 0 amide bonds. The smallest absolute Gasteiger partial charge is 0.302 e. The number of carbonyl (C=O) groups is 4. The zero-order chi connectivity index (χ0) is 14.9. The van der Waals surface area contributed by atoms with E-state index in [2.05, 4.69) is 4.74 Å². The van der Waals surface area contributed by atoms with Crippen LogP contribution in [-0.4, -0.2) is 42.6 Å². The second-order valence-electron chi connectivity index (χ2n) is 2.27. The van der Waals surface area contributed by atoms with Crippen LogP contribution in [0.4, 0.5) is 0 Å². The number of carbonyl (C=O) groups excluding carboxylic acids is 4. The van der Waals surface area contributed by atoms with Crippen LogP contribution in [0.5, 0.6) is 0 Å². The van der Waals surface area contributed by atoms with Gasteiger partial charge in [0.05, 0.1) is 6.61 Å². The number of esters is 1. The first kappa shape index (κ1) is 24.6. The largest absolute Gasteiger partial charge is 0.466 e. The zero-order valence-corrected chi connectivity index (χ0v) is 11.3. The summed E-state index contributed by atoms with van der Waals surface area (Å²) in [6.45, 7) is 7.60. The highest BCUT2D eigenvalue weighted by molar-refractivity contribution is 6.35. The van der Waals surface area contributed by atoms with Crippen molar-refractivity contribution in [1.29, 1.82) is 0 Å². The van der Waals surface area contributed by atoms with Crippen LogP contribution in [0.15, 0.2) is 0 Å². The van der Waals surface area contributed by atoms with E-state index >= 15 is 0 Å². The number of rotatable bonds is 2. The summed E-state index contributed by atoms with van der Waals surface area (Å²) in [6.07, 6.45) is 0.750. The minimum Gasteiger partial charge on any atom is -0.466 e. The van der Waals surface area contributed by atoms with E-state index in [9.17, 15) is 14.4 Å². The molecule has 17 heavy (non-hydrogen) atoms. The maximum Gasteiger partial charge on any atom is 0.302 e. The molecule has 0 aliphatic rings. The third-order valence-corrected chi connectivity index (χ3v) is 0.843. The van der Waals surface area contributed by atoms with Gasteiger partial charge in [-0.05, 0) is 13.8 Å². The van der Waals surface area contributed by atoms with Gasteiger partial charge in [0.2, 0.25) is 0 Å². The fourth-order valence-corrected chi connectivity index (χ4v) is 0.203. The SMILES string of the molecule is CC(=O)C(C)=O.CC=O.CCOC(C)=O.CO. The maximum atomic E-state index is 9.82. The maximum absolute atomic E-state index is 9.82. The van der Waals surface area contributed by atoms with Crippen LogP contribution in [0.1, 0.15) is 34.6 Å². The average molecular weight is 250 g/mol. The van der Waals surface area contributed by atoms with E-state index in [1.165, 1.54) is 27.7 Å². The molecule has 0 heterocycles. The van der Waals surface area contributed by atoms with Crippen molar-refractivity contribution >= 4 is 23.8 Å². The monoisotopic (exact) mass is 250 g/mol. The minimum atomic E-state index is -0.380. The fraction of sp³-hybridized carbons (Fsp3) is 0.636. The third-order valence-electron chi connectivity index (χ3n) is 0.843. The van der Waals surface area contributed by atoms with Gasteiger partial charge in [0.25, 0.3) is 0 Å². The molecule has 0 aromatic heterocycles. The lowest BCUT2D eigenvalue weighted by molar-refractivity contribution is -0.140. The molecular formula is C11H22O6. The first-order valence-corrected chi connectivity index (χ1v) is 4.82. The van der Waals surface area contributed by atoms with Gasteiger partial charge in [-0.15, -0.1) is 0 Å². The van der Waals surface area contributed by atoms with Gasteiger partial charge in [-0.2, -0.15) is 0 Å². The van der Waals surface area contributed by atoms with E-state index < -0.39 is 0 Å². The van der Waals surface area contributed by atoms with Gasteiger partial charge in [-0.25, -0.2) is 0 Å². The minimum absolute atomic E-state index is 0.211. The molecule has 0 spiro atoms. The van der Waals surface area contributed by atoms with Gasteiger partial charge in [0.1, 0.15) is 6.29 Å². The van der Waals surface area contributed by atoms with E-state index in [1.807, 2.05) is 0 Å². The standard InChI is InChI=1S/C4H8O2.C4H6O2.C2H4O.CH4O/c1-3-6-4(2)5;1-3(5)4(2)6;1-2-3;1-2/h3H2,1-2H3;1-2H3;2H,1H3;2H,1H3. The molecule has 6 heteroatoms. The molecule has 0 bridgehead atoms. The second-order valence-corrected chi connectivity index (χ2v) is 2.27. The third kappa shape index (κ3) is 75.5. The molecule has 0 radical (unpaired) electrons. The summed E-state index contributed by atoms with van der Waals surface area (Å²) < 4.78 is 4.40. The van der Waals surface area contributed by atoms with Crippen molar-refractivity contribution in [2.75, 3.05) is 13.7 Å². The van der Waals surface area contributed by atoms with Gasteiger partial charge in [-0.1, -0.05) is 0 Å². The molecule has 0 aliphatic carbocycles. The molecule has 0 aliphatic heterocycles.